The van der Waals surface area contributed by atoms with Crippen molar-refractivity contribution in [2.24, 2.45) is 34.5 Å². The molecule has 28 heavy (non-hydrogen) atoms. The van der Waals surface area contributed by atoms with Crippen LogP contribution in [0.25, 0.3) is 0 Å². The van der Waals surface area contributed by atoms with E-state index in [0.29, 0.717) is 30.0 Å². The maximum atomic E-state index is 10.2. The van der Waals surface area contributed by atoms with Crippen LogP contribution in [0.5, 0.6) is 0 Å². The van der Waals surface area contributed by atoms with Gasteiger partial charge in [-0.25, -0.2) is 0 Å². The molecule has 154 valence electrons. The molecule has 0 aromatic carbocycles. The van der Waals surface area contributed by atoms with E-state index in [2.05, 4.69) is 38.8 Å². The molecule has 0 aromatic heterocycles. The van der Waals surface area contributed by atoms with Crippen molar-refractivity contribution in [1.29, 1.82) is 0 Å². The second-order valence-corrected chi connectivity index (χ2v) is 10.5. The first kappa shape index (κ1) is 20.2. The van der Waals surface area contributed by atoms with Gasteiger partial charge in [-0.15, -0.1) is 6.42 Å². The summed E-state index contributed by atoms with van der Waals surface area (Å²) < 4.78 is 5.51. The molecule has 2 nitrogen and oxygen atoms in total. The van der Waals surface area contributed by atoms with E-state index in [1.165, 1.54) is 44.1 Å². The fraction of sp³-hybridized carbons (Fsp3) is 0.769. The number of terminal acetylenes is 1. The minimum Gasteiger partial charge on any atom is -0.393 e. The van der Waals surface area contributed by atoms with Gasteiger partial charge in [-0.2, -0.15) is 0 Å². The lowest BCUT2D eigenvalue weighted by Gasteiger charge is -2.58. The van der Waals surface area contributed by atoms with Gasteiger partial charge < -0.3 is 9.84 Å². The predicted octanol–water partition coefficient (Wildman–Crippen LogP) is 5.52. The number of aliphatic hydroxyl groups is 1. The Morgan fingerprint density at radius 2 is 2.07 bits per heavy atom. The zero-order chi connectivity index (χ0) is 19.9. The van der Waals surface area contributed by atoms with E-state index in [9.17, 15) is 5.11 Å². The molecule has 0 aliphatic heterocycles. The number of fused-ring (bicyclic) bond motifs is 5. The molecule has 4 rings (SSSR count). The number of aliphatic hydroxyl groups excluding tert-OH is 1. The summed E-state index contributed by atoms with van der Waals surface area (Å²) in [5.74, 6) is 5.74. The molecular weight excluding hydrogens is 344 g/mol. The van der Waals surface area contributed by atoms with Gasteiger partial charge >= 0.3 is 0 Å². The first-order chi connectivity index (χ1) is 13.4. The number of allylic oxidation sites excluding steroid dienone is 2. The molecule has 2 heteroatoms. The quantitative estimate of drug-likeness (QED) is 0.394. The highest BCUT2D eigenvalue weighted by Crippen LogP contribution is 2.67. The summed E-state index contributed by atoms with van der Waals surface area (Å²) >= 11 is 0. The average molecular weight is 383 g/mol. The lowest BCUT2D eigenvalue weighted by Crippen LogP contribution is -2.50. The van der Waals surface area contributed by atoms with Crippen LogP contribution < -0.4 is 0 Å². The lowest BCUT2D eigenvalue weighted by atomic mass is 9.47. The number of rotatable bonds is 4. The topological polar surface area (TPSA) is 29.5 Å². The third-order valence-electron chi connectivity index (χ3n) is 9.34. The summed E-state index contributed by atoms with van der Waals surface area (Å²) in [4.78, 5) is 0. The lowest BCUT2D eigenvalue weighted by molar-refractivity contribution is -0.0454. The van der Waals surface area contributed by atoms with Gasteiger partial charge in [0.25, 0.3) is 0 Å². The van der Waals surface area contributed by atoms with Crippen LogP contribution in [0.3, 0.4) is 0 Å². The molecule has 0 heterocycles. The van der Waals surface area contributed by atoms with E-state index in [4.69, 9.17) is 11.2 Å². The Morgan fingerprint density at radius 3 is 2.86 bits per heavy atom. The molecule has 0 amide bonds. The van der Waals surface area contributed by atoms with Gasteiger partial charge in [0.15, 0.2) is 0 Å². The van der Waals surface area contributed by atoms with Crippen molar-refractivity contribution in [2.75, 3.05) is 13.2 Å². The Balaban J connectivity index is 1.53. The van der Waals surface area contributed by atoms with Gasteiger partial charge in [-0.05, 0) is 92.8 Å². The molecule has 3 fully saturated rings. The average Bonchev–Trinajstić information content (AvgIpc) is 3.03. The summed E-state index contributed by atoms with van der Waals surface area (Å²) in [5, 5.41) is 10.2. The fourth-order valence-electron chi connectivity index (χ4n) is 7.84. The summed E-state index contributed by atoms with van der Waals surface area (Å²) in [6.45, 7) is 8.46. The summed E-state index contributed by atoms with van der Waals surface area (Å²) in [7, 11) is 0. The van der Waals surface area contributed by atoms with Crippen molar-refractivity contribution in [3.05, 3.63) is 23.3 Å². The van der Waals surface area contributed by atoms with Crippen molar-refractivity contribution in [1.82, 2.24) is 0 Å². The van der Waals surface area contributed by atoms with Crippen LogP contribution in [0.15, 0.2) is 23.3 Å². The fourth-order valence-corrected chi connectivity index (χ4v) is 7.84. The second kappa shape index (κ2) is 7.66. The largest absolute Gasteiger partial charge is 0.393 e. The maximum absolute atomic E-state index is 10.2. The number of hydrogen-bond donors (Lipinski definition) is 1. The molecule has 4 aliphatic carbocycles. The van der Waals surface area contributed by atoms with Crippen LogP contribution >= 0.6 is 0 Å². The van der Waals surface area contributed by atoms with Crippen LogP contribution in [0.2, 0.25) is 0 Å². The third-order valence-corrected chi connectivity index (χ3v) is 9.34. The molecule has 0 unspecified atom stereocenters. The highest BCUT2D eigenvalue weighted by molar-refractivity contribution is 5.26. The summed E-state index contributed by atoms with van der Waals surface area (Å²) in [5.41, 5.74) is 3.87. The van der Waals surface area contributed by atoms with E-state index in [-0.39, 0.29) is 6.10 Å². The highest BCUT2D eigenvalue weighted by atomic mass is 16.5. The minimum atomic E-state index is -0.106. The smallest absolute Gasteiger partial charge is 0.107 e. The molecule has 0 bridgehead atoms. The Bertz CT molecular complexity index is 698. The normalized spacial score (nSPS) is 45.5. The van der Waals surface area contributed by atoms with Crippen LogP contribution in [0.4, 0.5) is 0 Å². The SMILES string of the molecule is C#CCOC/C=C(\C)[C@H]1CC[C@H]2[C@@H]3CC=C4C[C@@H](O)CC[C@]4(C)[C@H]3CC[C@]12C. The van der Waals surface area contributed by atoms with E-state index in [1.807, 2.05) is 0 Å². The van der Waals surface area contributed by atoms with Gasteiger partial charge in [0.1, 0.15) is 6.61 Å². The van der Waals surface area contributed by atoms with E-state index < -0.39 is 0 Å². The van der Waals surface area contributed by atoms with E-state index >= 15 is 0 Å². The second-order valence-electron chi connectivity index (χ2n) is 10.5. The van der Waals surface area contributed by atoms with E-state index in [1.54, 1.807) is 5.57 Å². The molecule has 3 saturated carbocycles. The monoisotopic (exact) mass is 382 g/mol. The van der Waals surface area contributed by atoms with Crippen molar-refractivity contribution in [3.8, 4) is 12.3 Å². The molecule has 0 saturated heterocycles. The number of hydrogen-bond acceptors (Lipinski definition) is 2. The number of ether oxygens (including phenoxy) is 1. The zero-order valence-electron chi connectivity index (χ0n) is 18.0. The predicted molar refractivity (Wildman–Crippen MR) is 115 cm³/mol. The van der Waals surface area contributed by atoms with Crippen molar-refractivity contribution in [2.45, 2.75) is 78.2 Å². The molecule has 0 aromatic rings. The van der Waals surface area contributed by atoms with Crippen molar-refractivity contribution >= 4 is 0 Å². The Hall–Kier alpha value is -1.04. The van der Waals surface area contributed by atoms with Gasteiger partial charge in [0, 0.05) is 0 Å². The van der Waals surface area contributed by atoms with Gasteiger partial charge in [0.05, 0.1) is 12.7 Å². The molecular formula is C26H38O2. The van der Waals surface area contributed by atoms with Crippen LogP contribution in [-0.4, -0.2) is 24.4 Å². The first-order valence-electron chi connectivity index (χ1n) is 11.5. The first-order valence-corrected chi connectivity index (χ1v) is 11.5. The van der Waals surface area contributed by atoms with Gasteiger partial charge in [-0.1, -0.05) is 43.1 Å². The van der Waals surface area contributed by atoms with E-state index in [0.717, 1.165) is 30.6 Å². The summed E-state index contributed by atoms with van der Waals surface area (Å²) in [6.07, 6.45) is 19.7. The van der Waals surface area contributed by atoms with Crippen molar-refractivity contribution in [3.63, 3.8) is 0 Å². The zero-order valence-corrected chi connectivity index (χ0v) is 18.0. The molecule has 1 N–H and O–H groups in total. The molecule has 0 radical (unpaired) electrons. The van der Waals surface area contributed by atoms with Crippen LogP contribution in [-0.2, 0) is 4.74 Å². The Labute approximate surface area is 171 Å². The summed E-state index contributed by atoms with van der Waals surface area (Å²) in [6, 6.07) is 0. The maximum Gasteiger partial charge on any atom is 0.107 e. The Morgan fingerprint density at radius 1 is 1.25 bits per heavy atom. The Kier molecular flexibility index (Phi) is 5.54. The molecule has 7 atom stereocenters. The van der Waals surface area contributed by atoms with Gasteiger partial charge in [-0.3, -0.25) is 0 Å². The van der Waals surface area contributed by atoms with Gasteiger partial charge in [0.2, 0.25) is 0 Å². The van der Waals surface area contributed by atoms with Crippen molar-refractivity contribution < 1.29 is 9.84 Å². The third kappa shape index (κ3) is 3.20. The molecule has 0 spiro atoms. The standard InChI is InChI=1S/C26H38O2/c1-5-15-28-16-12-18(2)22-8-9-23-21-7-6-19-17-20(27)10-13-25(19,3)24(21)11-14-26(22,23)4/h1,6,12,20-24,27H,7-11,13-17H2,2-4H3/b18-12+/t20-,21-,22+,23-,24-,25-,26+/m0/s1. The minimum absolute atomic E-state index is 0.106. The highest BCUT2D eigenvalue weighted by Gasteiger charge is 2.58. The molecule has 4 aliphatic rings. The van der Waals surface area contributed by atoms with Crippen LogP contribution in [0.1, 0.15) is 72.1 Å². The van der Waals surface area contributed by atoms with Crippen LogP contribution in [0, 0.1) is 46.8 Å².